The number of benzene rings is 3. The van der Waals surface area contributed by atoms with E-state index < -0.39 is 0 Å². The highest BCUT2D eigenvalue weighted by molar-refractivity contribution is 6.14. The molecule has 4 nitrogen and oxygen atoms in total. The van der Waals surface area contributed by atoms with Gasteiger partial charge in [0.1, 0.15) is 12.4 Å². The quantitative estimate of drug-likeness (QED) is 0.630. The van der Waals surface area contributed by atoms with Crippen LogP contribution in [0.15, 0.2) is 71.7 Å². The minimum absolute atomic E-state index is 0.566. The number of rotatable bonds is 6. The van der Waals surface area contributed by atoms with Crippen LogP contribution in [0.25, 0.3) is 0 Å². The Hall–Kier alpha value is -3.27. The molecular formula is C24H23NO3. The molecule has 0 amide bonds. The molecule has 142 valence electrons. The van der Waals surface area contributed by atoms with Crippen LogP contribution < -0.4 is 14.2 Å². The van der Waals surface area contributed by atoms with Gasteiger partial charge in [0.05, 0.1) is 19.9 Å². The largest absolute Gasteiger partial charge is 0.493 e. The first-order valence-electron chi connectivity index (χ1n) is 9.35. The normalized spacial score (nSPS) is 12.7. The number of ether oxygens (including phenoxy) is 3. The van der Waals surface area contributed by atoms with Crippen molar-refractivity contribution in [3.63, 3.8) is 0 Å². The van der Waals surface area contributed by atoms with E-state index >= 15 is 0 Å². The van der Waals surface area contributed by atoms with Crippen LogP contribution in [0, 0.1) is 0 Å². The van der Waals surface area contributed by atoms with E-state index in [-0.39, 0.29) is 0 Å². The summed E-state index contributed by atoms with van der Waals surface area (Å²) in [5, 5.41) is 0. The van der Waals surface area contributed by atoms with E-state index in [0.29, 0.717) is 18.1 Å². The maximum atomic E-state index is 5.99. The van der Waals surface area contributed by atoms with Crippen LogP contribution in [0.1, 0.15) is 22.3 Å². The molecule has 3 aromatic carbocycles. The van der Waals surface area contributed by atoms with E-state index in [1.807, 2.05) is 42.5 Å². The summed E-state index contributed by atoms with van der Waals surface area (Å²) in [5.41, 5.74) is 5.57. The van der Waals surface area contributed by atoms with Crippen molar-refractivity contribution in [2.24, 2.45) is 4.99 Å². The van der Waals surface area contributed by atoms with E-state index in [2.05, 4.69) is 24.3 Å². The Balaban J connectivity index is 1.58. The van der Waals surface area contributed by atoms with E-state index in [4.69, 9.17) is 19.2 Å². The summed E-state index contributed by atoms with van der Waals surface area (Å²) < 4.78 is 16.8. The van der Waals surface area contributed by atoms with Gasteiger partial charge in [-0.1, -0.05) is 30.3 Å². The third-order valence-electron chi connectivity index (χ3n) is 4.89. The van der Waals surface area contributed by atoms with Crippen LogP contribution in [0.3, 0.4) is 0 Å². The van der Waals surface area contributed by atoms with E-state index in [1.54, 1.807) is 14.2 Å². The van der Waals surface area contributed by atoms with Crippen LogP contribution in [-0.2, 0) is 13.0 Å². The van der Waals surface area contributed by atoms with Gasteiger partial charge >= 0.3 is 0 Å². The molecule has 3 aromatic rings. The first-order valence-corrected chi connectivity index (χ1v) is 9.35. The summed E-state index contributed by atoms with van der Waals surface area (Å²) >= 11 is 0. The summed E-state index contributed by atoms with van der Waals surface area (Å²) in [6, 6.07) is 22.4. The summed E-state index contributed by atoms with van der Waals surface area (Å²) in [5.74, 6) is 2.31. The number of fused-ring (bicyclic) bond motifs is 1. The molecule has 0 aromatic heterocycles. The van der Waals surface area contributed by atoms with Gasteiger partial charge in [0.2, 0.25) is 0 Å². The average Bonchev–Trinajstić information content (AvgIpc) is 2.77. The summed E-state index contributed by atoms with van der Waals surface area (Å²) in [4.78, 5) is 4.77. The smallest absolute Gasteiger partial charge is 0.161 e. The SMILES string of the molecule is COc1ccc(C2=NCCc3cc(OCc4ccccc4)ccc32)cc1OC. The van der Waals surface area contributed by atoms with Gasteiger partial charge in [-0.25, -0.2) is 0 Å². The first kappa shape index (κ1) is 18.1. The van der Waals surface area contributed by atoms with Crippen molar-refractivity contribution in [1.29, 1.82) is 0 Å². The van der Waals surface area contributed by atoms with Crippen LogP contribution in [0.2, 0.25) is 0 Å². The zero-order valence-electron chi connectivity index (χ0n) is 16.1. The molecule has 1 heterocycles. The van der Waals surface area contributed by atoms with Crippen molar-refractivity contribution in [1.82, 2.24) is 0 Å². The fourth-order valence-electron chi connectivity index (χ4n) is 3.44. The third kappa shape index (κ3) is 3.72. The summed E-state index contributed by atoms with van der Waals surface area (Å²) in [6.45, 7) is 1.33. The Morgan fingerprint density at radius 2 is 1.68 bits per heavy atom. The Labute approximate surface area is 165 Å². The van der Waals surface area contributed by atoms with Gasteiger partial charge in [0.15, 0.2) is 11.5 Å². The molecule has 0 fully saturated rings. The minimum atomic E-state index is 0.566. The highest BCUT2D eigenvalue weighted by atomic mass is 16.5. The predicted molar refractivity (Wildman–Crippen MR) is 111 cm³/mol. The second-order valence-corrected chi connectivity index (χ2v) is 6.64. The van der Waals surface area contributed by atoms with Crippen molar-refractivity contribution < 1.29 is 14.2 Å². The fourth-order valence-corrected chi connectivity index (χ4v) is 3.44. The minimum Gasteiger partial charge on any atom is -0.493 e. The molecule has 1 aliphatic rings. The van der Waals surface area contributed by atoms with E-state index in [9.17, 15) is 0 Å². The Kier molecular flexibility index (Phi) is 5.29. The maximum absolute atomic E-state index is 5.99. The second kappa shape index (κ2) is 8.17. The zero-order valence-corrected chi connectivity index (χ0v) is 16.1. The highest BCUT2D eigenvalue weighted by Gasteiger charge is 2.18. The zero-order chi connectivity index (χ0) is 19.3. The molecule has 0 aliphatic carbocycles. The van der Waals surface area contributed by atoms with Crippen LogP contribution in [0.4, 0.5) is 0 Å². The van der Waals surface area contributed by atoms with Crippen molar-refractivity contribution in [3.05, 3.63) is 89.0 Å². The number of hydrogen-bond donors (Lipinski definition) is 0. The third-order valence-corrected chi connectivity index (χ3v) is 4.89. The number of methoxy groups -OCH3 is 2. The number of aliphatic imine (C=N–C) groups is 1. The molecule has 0 N–H and O–H groups in total. The number of hydrogen-bond acceptors (Lipinski definition) is 4. The molecule has 28 heavy (non-hydrogen) atoms. The van der Waals surface area contributed by atoms with E-state index in [0.717, 1.165) is 41.1 Å². The lowest BCUT2D eigenvalue weighted by atomic mass is 9.93. The molecule has 0 bridgehead atoms. The lowest BCUT2D eigenvalue weighted by Gasteiger charge is -2.19. The van der Waals surface area contributed by atoms with Gasteiger partial charge in [0, 0.05) is 17.7 Å². The summed E-state index contributed by atoms with van der Waals surface area (Å²) in [6.07, 6.45) is 0.911. The van der Waals surface area contributed by atoms with Gasteiger partial charge < -0.3 is 14.2 Å². The number of nitrogens with zero attached hydrogens (tertiary/aromatic N) is 1. The lowest BCUT2D eigenvalue weighted by molar-refractivity contribution is 0.306. The lowest BCUT2D eigenvalue weighted by Crippen LogP contribution is -2.14. The van der Waals surface area contributed by atoms with Gasteiger partial charge in [-0.3, -0.25) is 4.99 Å². The standard InChI is InChI=1S/C24H23NO3/c1-26-22-11-8-19(15-23(22)27-2)24-21-10-9-20(14-18(21)12-13-25-24)28-16-17-6-4-3-5-7-17/h3-11,14-15H,12-13,16H2,1-2H3. The highest BCUT2D eigenvalue weighted by Crippen LogP contribution is 2.31. The molecule has 1 aliphatic heterocycles. The molecular weight excluding hydrogens is 350 g/mol. The van der Waals surface area contributed by atoms with Gasteiger partial charge in [-0.15, -0.1) is 0 Å². The monoisotopic (exact) mass is 373 g/mol. The molecule has 0 spiro atoms. The fraction of sp³-hybridized carbons (Fsp3) is 0.208. The Bertz CT molecular complexity index is 996. The van der Waals surface area contributed by atoms with Crippen molar-refractivity contribution in [3.8, 4) is 17.2 Å². The predicted octanol–water partition coefficient (Wildman–Crippen LogP) is 4.68. The molecule has 4 heteroatoms. The van der Waals surface area contributed by atoms with Gasteiger partial charge in [-0.05, 0) is 53.9 Å². The average molecular weight is 373 g/mol. The van der Waals surface area contributed by atoms with Crippen molar-refractivity contribution in [2.75, 3.05) is 20.8 Å². The maximum Gasteiger partial charge on any atom is 0.161 e. The van der Waals surface area contributed by atoms with Gasteiger partial charge in [-0.2, -0.15) is 0 Å². The molecule has 0 saturated heterocycles. The molecule has 0 unspecified atom stereocenters. The van der Waals surface area contributed by atoms with Crippen LogP contribution in [-0.4, -0.2) is 26.5 Å². The van der Waals surface area contributed by atoms with Crippen LogP contribution in [0.5, 0.6) is 17.2 Å². The second-order valence-electron chi connectivity index (χ2n) is 6.64. The van der Waals surface area contributed by atoms with Crippen LogP contribution >= 0.6 is 0 Å². The van der Waals surface area contributed by atoms with E-state index in [1.165, 1.54) is 5.56 Å². The van der Waals surface area contributed by atoms with Crippen molar-refractivity contribution in [2.45, 2.75) is 13.0 Å². The van der Waals surface area contributed by atoms with Crippen molar-refractivity contribution >= 4 is 5.71 Å². The molecule has 0 saturated carbocycles. The first-order chi connectivity index (χ1) is 13.8. The van der Waals surface area contributed by atoms with Gasteiger partial charge in [0.25, 0.3) is 0 Å². The summed E-state index contributed by atoms with van der Waals surface area (Å²) in [7, 11) is 3.29. The molecule has 4 rings (SSSR count). The molecule has 0 radical (unpaired) electrons. The Morgan fingerprint density at radius 1 is 0.857 bits per heavy atom. The Morgan fingerprint density at radius 3 is 2.46 bits per heavy atom. The topological polar surface area (TPSA) is 40.0 Å². The molecule has 0 atom stereocenters.